The van der Waals surface area contributed by atoms with E-state index >= 15 is 0 Å². The topological polar surface area (TPSA) is 0 Å². The van der Waals surface area contributed by atoms with Crippen molar-refractivity contribution in [2.45, 2.75) is 64.4 Å². The maximum absolute atomic E-state index is 2.43. The Morgan fingerprint density at radius 1 is 0.667 bits per heavy atom. The SMILES string of the molecule is CC(C)CC(C)[CH2][Ru][CH2]C(C)CC(C)C. The summed E-state index contributed by atoms with van der Waals surface area (Å²) in [6.45, 7) is 14.2. The van der Waals surface area contributed by atoms with Gasteiger partial charge in [0, 0.05) is 0 Å². The summed E-state index contributed by atoms with van der Waals surface area (Å²) in [5.74, 6) is 3.70. The van der Waals surface area contributed by atoms with E-state index in [-0.39, 0.29) is 0 Å². The van der Waals surface area contributed by atoms with Gasteiger partial charge in [0.15, 0.2) is 0 Å². The normalized spacial score (nSPS) is 16.3. The van der Waals surface area contributed by atoms with Crippen molar-refractivity contribution in [3.8, 4) is 0 Å². The average molecular weight is 299 g/mol. The Kier molecular flexibility index (Phi) is 9.10. The molecule has 0 aromatic carbocycles. The van der Waals surface area contributed by atoms with Crippen molar-refractivity contribution in [2.24, 2.45) is 23.7 Å². The second-order valence-corrected chi connectivity index (χ2v) is 8.22. The van der Waals surface area contributed by atoms with Gasteiger partial charge in [0.2, 0.25) is 0 Å². The third-order valence-electron chi connectivity index (χ3n) is 2.44. The van der Waals surface area contributed by atoms with Gasteiger partial charge in [-0.15, -0.1) is 0 Å². The van der Waals surface area contributed by atoms with E-state index in [2.05, 4.69) is 41.5 Å². The Bertz CT molecular complexity index is 124. The fourth-order valence-corrected chi connectivity index (χ4v) is 4.72. The van der Waals surface area contributed by atoms with Crippen molar-refractivity contribution in [1.29, 1.82) is 0 Å². The number of hydrogen-bond donors (Lipinski definition) is 0. The van der Waals surface area contributed by atoms with Crippen LogP contribution in [0, 0.1) is 23.7 Å². The van der Waals surface area contributed by atoms with Gasteiger partial charge < -0.3 is 0 Å². The summed E-state index contributed by atoms with van der Waals surface area (Å²) in [6, 6.07) is 0. The molecule has 0 radical (unpaired) electrons. The predicted octanol–water partition coefficient (Wildman–Crippen LogP) is 5.27. The zero-order chi connectivity index (χ0) is 11.8. The first-order valence-corrected chi connectivity index (χ1v) is 8.87. The van der Waals surface area contributed by atoms with Gasteiger partial charge in [0.25, 0.3) is 0 Å². The Labute approximate surface area is 105 Å². The second kappa shape index (κ2) is 8.74. The van der Waals surface area contributed by atoms with Crippen LogP contribution in [0.2, 0.25) is 10.0 Å². The molecule has 0 aromatic heterocycles. The Hall–Kier alpha value is 0.623. The van der Waals surface area contributed by atoms with Crippen molar-refractivity contribution < 1.29 is 17.1 Å². The van der Waals surface area contributed by atoms with Crippen molar-refractivity contribution >= 4 is 0 Å². The quantitative estimate of drug-likeness (QED) is 0.536. The number of hydrogen-bond acceptors (Lipinski definition) is 0. The molecule has 0 amide bonds. The fourth-order valence-electron chi connectivity index (χ4n) is 2.13. The molecule has 94 valence electrons. The van der Waals surface area contributed by atoms with E-state index in [0.717, 1.165) is 23.7 Å². The molecule has 0 rings (SSSR count). The predicted molar refractivity (Wildman–Crippen MR) is 66.9 cm³/mol. The molecule has 0 aliphatic rings. The number of rotatable bonds is 8. The Morgan fingerprint density at radius 2 is 1.00 bits per heavy atom. The van der Waals surface area contributed by atoms with Crippen LogP contribution < -0.4 is 0 Å². The van der Waals surface area contributed by atoms with E-state index in [4.69, 9.17) is 0 Å². The molecule has 0 fully saturated rings. The molecule has 0 aliphatic carbocycles. The minimum absolute atomic E-state index is 0.654. The molecule has 0 aliphatic heterocycles. The molecule has 0 bridgehead atoms. The summed E-state index contributed by atoms with van der Waals surface area (Å²) in [6.07, 6.45) is 2.85. The van der Waals surface area contributed by atoms with E-state index in [1.54, 1.807) is 0 Å². The first kappa shape index (κ1) is 15.6. The molecular weight excluding hydrogens is 269 g/mol. The third-order valence-corrected chi connectivity index (χ3v) is 5.87. The van der Waals surface area contributed by atoms with E-state index < -0.39 is 0 Å². The summed E-state index contributed by atoms with van der Waals surface area (Å²) in [7, 11) is 0. The van der Waals surface area contributed by atoms with Gasteiger partial charge >= 0.3 is 105 Å². The van der Waals surface area contributed by atoms with Gasteiger partial charge in [-0.2, -0.15) is 0 Å². The first-order chi connectivity index (χ1) is 6.91. The van der Waals surface area contributed by atoms with Gasteiger partial charge in [-0.05, 0) is 0 Å². The molecule has 0 heterocycles. The van der Waals surface area contributed by atoms with Crippen molar-refractivity contribution in [3.63, 3.8) is 0 Å². The molecule has 2 atom stereocenters. The molecule has 0 aromatic rings. The van der Waals surface area contributed by atoms with Gasteiger partial charge in [-0.3, -0.25) is 0 Å². The van der Waals surface area contributed by atoms with E-state index in [9.17, 15) is 0 Å². The monoisotopic (exact) mass is 300 g/mol. The molecule has 0 spiro atoms. The molecule has 15 heavy (non-hydrogen) atoms. The Balaban J connectivity index is 3.44. The first-order valence-electron chi connectivity index (χ1n) is 6.41. The van der Waals surface area contributed by atoms with E-state index in [1.807, 2.05) is 0 Å². The average Bonchev–Trinajstić information content (AvgIpc) is 2.00. The van der Waals surface area contributed by atoms with Crippen LogP contribution in [0.4, 0.5) is 0 Å². The van der Waals surface area contributed by atoms with Crippen LogP contribution >= 0.6 is 0 Å². The van der Waals surface area contributed by atoms with Gasteiger partial charge in [-0.1, -0.05) is 0 Å². The minimum atomic E-state index is 0.654. The zero-order valence-corrected chi connectivity index (χ0v) is 13.2. The summed E-state index contributed by atoms with van der Waals surface area (Å²) < 4.78 is 0. The van der Waals surface area contributed by atoms with E-state index in [0.29, 0.717) is 17.1 Å². The van der Waals surface area contributed by atoms with E-state index in [1.165, 1.54) is 22.9 Å². The van der Waals surface area contributed by atoms with Crippen LogP contribution in [-0.2, 0) is 17.1 Å². The molecule has 1 heteroatoms. The van der Waals surface area contributed by atoms with Crippen LogP contribution in [0.1, 0.15) is 54.4 Å². The van der Waals surface area contributed by atoms with Crippen LogP contribution in [0.5, 0.6) is 0 Å². The summed E-state index contributed by atoms with van der Waals surface area (Å²) in [4.78, 5) is 0. The van der Waals surface area contributed by atoms with Gasteiger partial charge in [-0.25, -0.2) is 0 Å². The fraction of sp³-hybridized carbons (Fsp3) is 1.00. The zero-order valence-electron chi connectivity index (χ0n) is 11.5. The molecule has 0 saturated carbocycles. The molecule has 2 unspecified atom stereocenters. The third kappa shape index (κ3) is 10.9. The molecule has 0 saturated heterocycles. The molecule has 0 N–H and O–H groups in total. The van der Waals surface area contributed by atoms with Crippen LogP contribution in [0.15, 0.2) is 0 Å². The van der Waals surface area contributed by atoms with Crippen LogP contribution in [-0.4, -0.2) is 0 Å². The Morgan fingerprint density at radius 3 is 1.27 bits per heavy atom. The molecule has 0 nitrogen and oxygen atoms in total. The van der Waals surface area contributed by atoms with Crippen molar-refractivity contribution in [2.75, 3.05) is 0 Å². The van der Waals surface area contributed by atoms with Crippen LogP contribution in [0.25, 0.3) is 0 Å². The second-order valence-electron chi connectivity index (χ2n) is 5.93. The standard InChI is InChI=1S/2C7H15.Ru/c2*1-6(2)5-7(3)4;/h2*6-7H,1,5H2,2-4H3;. The molecular formula is C14H30Ru. The summed E-state index contributed by atoms with van der Waals surface area (Å²) in [5.41, 5.74) is 0. The van der Waals surface area contributed by atoms with Gasteiger partial charge in [0.1, 0.15) is 0 Å². The van der Waals surface area contributed by atoms with Crippen LogP contribution in [0.3, 0.4) is 0 Å². The maximum atomic E-state index is 2.43. The van der Waals surface area contributed by atoms with Crippen molar-refractivity contribution in [1.82, 2.24) is 0 Å². The van der Waals surface area contributed by atoms with Crippen molar-refractivity contribution in [3.05, 3.63) is 0 Å². The summed E-state index contributed by atoms with van der Waals surface area (Å²) >= 11 is 0.654. The summed E-state index contributed by atoms with van der Waals surface area (Å²) in [5, 5.41) is 3.04. The van der Waals surface area contributed by atoms with Gasteiger partial charge in [0.05, 0.1) is 0 Å².